The van der Waals surface area contributed by atoms with E-state index in [1.807, 2.05) is 18.7 Å². The van der Waals surface area contributed by atoms with Crippen molar-refractivity contribution in [1.29, 1.82) is 0 Å². The molecule has 1 aromatic heterocycles. The molecule has 0 aliphatic carbocycles. The highest BCUT2D eigenvalue weighted by molar-refractivity contribution is 5.94. The van der Waals surface area contributed by atoms with E-state index in [2.05, 4.69) is 5.16 Å². The maximum absolute atomic E-state index is 12.8. The third kappa shape index (κ3) is 2.02. The first-order valence-corrected chi connectivity index (χ1v) is 8.25. The van der Waals surface area contributed by atoms with Crippen LogP contribution in [0.4, 0.5) is 0 Å². The molecule has 0 unspecified atom stereocenters. The first-order valence-electron chi connectivity index (χ1n) is 8.25. The Morgan fingerprint density at radius 2 is 2.26 bits per heavy atom. The van der Waals surface area contributed by atoms with E-state index in [1.165, 1.54) is 0 Å². The Labute approximate surface area is 134 Å². The first kappa shape index (κ1) is 14.7. The second-order valence-corrected chi connectivity index (χ2v) is 6.83. The van der Waals surface area contributed by atoms with Crippen LogP contribution < -0.4 is 0 Å². The van der Waals surface area contributed by atoms with Crippen LogP contribution in [0, 0.1) is 0 Å². The van der Waals surface area contributed by atoms with E-state index in [4.69, 9.17) is 9.26 Å². The van der Waals surface area contributed by atoms with Crippen LogP contribution in [0.5, 0.6) is 0 Å². The number of aromatic nitrogens is 1. The first-order chi connectivity index (χ1) is 11.0. The molecule has 7 heteroatoms. The third-order valence-corrected chi connectivity index (χ3v) is 5.19. The molecule has 4 heterocycles. The minimum Gasteiger partial charge on any atom is -0.360 e. The summed E-state index contributed by atoms with van der Waals surface area (Å²) in [5.41, 5.74) is -0.303. The highest BCUT2D eigenvalue weighted by Gasteiger charge is 2.61. The summed E-state index contributed by atoms with van der Waals surface area (Å²) >= 11 is 0. The van der Waals surface area contributed by atoms with Crippen molar-refractivity contribution >= 4 is 11.8 Å². The van der Waals surface area contributed by atoms with Gasteiger partial charge in [0.2, 0.25) is 5.91 Å². The Balaban J connectivity index is 1.61. The van der Waals surface area contributed by atoms with Crippen molar-refractivity contribution in [3.8, 4) is 0 Å². The molecule has 124 valence electrons. The fourth-order valence-corrected chi connectivity index (χ4v) is 4.00. The lowest BCUT2D eigenvalue weighted by atomic mass is 10.0. The molecule has 2 atom stereocenters. The van der Waals surface area contributed by atoms with Crippen LogP contribution in [-0.2, 0) is 9.53 Å². The molecular weight excluding hydrogens is 298 g/mol. The maximum atomic E-state index is 12.8. The summed E-state index contributed by atoms with van der Waals surface area (Å²) in [6.45, 7) is 5.92. The number of ether oxygens (including phenoxy) is 1. The van der Waals surface area contributed by atoms with Crippen LogP contribution in [-0.4, -0.2) is 58.2 Å². The van der Waals surface area contributed by atoms with E-state index in [0.717, 1.165) is 13.0 Å². The molecule has 0 radical (unpaired) electrons. The van der Waals surface area contributed by atoms with Gasteiger partial charge >= 0.3 is 0 Å². The summed E-state index contributed by atoms with van der Waals surface area (Å²) < 4.78 is 11.2. The Kier molecular flexibility index (Phi) is 3.23. The average molecular weight is 319 g/mol. The van der Waals surface area contributed by atoms with Crippen molar-refractivity contribution < 1.29 is 18.8 Å². The largest absolute Gasteiger partial charge is 0.360 e. The summed E-state index contributed by atoms with van der Waals surface area (Å²) in [4.78, 5) is 28.7. The van der Waals surface area contributed by atoms with Crippen molar-refractivity contribution in [1.82, 2.24) is 15.0 Å². The zero-order valence-corrected chi connectivity index (χ0v) is 13.4. The van der Waals surface area contributed by atoms with Gasteiger partial charge in [0.25, 0.3) is 5.91 Å². The molecule has 1 aromatic rings. The Morgan fingerprint density at radius 3 is 3.00 bits per heavy atom. The van der Waals surface area contributed by atoms with Gasteiger partial charge in [-0.15, -0.1) is 0 Å². The number of hydrogen-bond donors (Lipinski definition) is 0. The van der Waals surface area contributed by atoms with Gasteiger partial charge in [-0.25, -0.2) is 0 Å². The van der Waals surface area contributed by atoms with Gasteiger partial charge in [0.05, 0.1) is 19.1 Å². The molecule has 23 heavy (non-hydrogen) atoms. The number of carbonyl (C=O) groups excluding carboxylic acids is 2. The molecule has 7 nitrogen and oxygen atoms in total. The Morgan fingerprint density at radius 1 is 1.43 bits per heavy atom. The molecule has 1 spiro atoms. The smallest absolute Gasteiger partial charge is 0.276 e. The minimum absolute atomic E-state index is 0.0789. The average Bonchev–Trinajstić information content (AvgIpc) is 3.20. The molecule has 2 amide bonds. The van der Waals surface area contributed by atoms with E-state index in [1.54, 1.807) is 11.0 Å². The predicted octanol–water partition coefficient (Wildman–Crippen LogP) is 1.36. The van der Waals surface area contributed by atoms with Crippen molar-refractivity contribution in [2.75, 3.05) is 19.7 Å². The minimum atomic E-state index is -0.615. The highest BCUT2D eigenvalue weighted by atomic mass is 16.5. The van der Waals surface area contributed by atoms with Crippen molar-refractivity contribution in [2.45, 2.75) is 50.8 Å². The number of likely N-dealkylation sites (tertiary alicyclic amines) is 1. The number of hydrogen-bond acceptors (Lipinski definition) is 5. The predicted molar refractivity (Wildman–Crippen MR) is 79.7 cm³/mol. The summed E-state index contributed by atoms with van der Waals surface area (Å²) in [6, 6.07) is 1.48. The van der Waals surface area contributed by atoms with Gasteiger partial charge in [-0.05, 0) is 6.42 Å². The van der Waals surface area contributed by atoms with E-state index in [0.29, 0.717) is 37.4 Å². The zero-order valence-electron chi connectivity index (χ0n) is 13.4. The van der Waals surface area contributed by atoms with Crippen molar-refractivity contribution in [3.63, 3.8) is 0 Å². The third-order valence-electron chi connectivity index (χ3n) is 5.19. The molecule has 0 aromatic carbocycles. The SMILES string of the molecule is CC(C)c1cc(C(=O)N2CC[C@@]34OCCCN3C(=O)C[C@@H]24)no1. The standard InChI is InChI=1S/C16H21N3O4/c1-10(2)12-8-11(17-23-12)15(21)18-6-4-16-13(18)9-14(20)19(16)5-3-7-22-16/h8,10,13H,3-7,9H2,1-2H3/t13-,16+/m1/s1. The zero-order chi connectivity index (χ0) is 16.2. The monoisotopic (exact) mass is 319 g/mol. The van der Waals surface area contributed by atoms with Crippen LogP contribution >= 0.6 is 0 Å². The van der Waals surface area contributed by atoms with Crippen LogP contribution in [0.15, 0.2) is 10.6 Å². The number of amides is 2. The van der Waals surface area contributed by atoms with Gasteiger partial charge in [-0.3, -0.25) is 9.59 Å². The van der Waals surface area contributed by atoms with Crippen LogP contribution in [0.25, 0.3) is 0 Å². The van der Waals surface area contributed by atoms with Crippen LogP contribution in [0.3, 0.4) is 0 Å². The van der Waals surface area contributed by atoms with E-state index >= 15 is 0 Å². The van der Waals surface area contributed by atoms with E-state index in [9.17, 15) is 9.59 Å². The van der Waals surface area contributed by atoms with Gasteiger partial charge < -0.3 is 19.1 Å². The van der Waals surface area contributed by atoms with Crippen LogP contribution in [0.1, 0.15) is 55.3 Å². The molecule has 3 aliphatic rings. The number of rotatable bonds is 2. The lowest BCUT2D eigenvalue weighted by Gasteiger charge is -2.42. The second kappa shape index (κ2) is 5.06. The Bertz CT molecular complexity index is 656. The molecule has 3 fully saturated rings. The van der Waals surface area contributed by atoms with Gasteiger partial charge in [-0.2, -0.15) is 0 Å². The normalized spacial score (nSPS) is 30.0. The summed E-state index contributed by atoms with van der Waals surface area (Å²) in [5.74, 6) is 0.779. The van der Waals surface area contributed by atoms with E-state index in [-0.39, 0.29) is 23.8 Å². The molecule has 3 aliphatic heterocycles. The molecule has 3 saturated heterocycles. The van der Waals surface area contributed by atoms with Crippen LogP contribution in [0.2, 0.25) is 0 Å². The van der Waals surface area contributed by atoms with E-state index < -0.39 is 5.72 Å². The van der Waals surface area contributed by atoms with Gasteiger partial charge in [0.15, 0.2) is 11.4 Å². The van der Waals surface area contributed by atoms with Gasteiger partial charge in [0.1, 0.15) is 5.76 Å². The van der Waals surface area contributed by atoms with Gasteiger partial charge in [-0.1, -0.05) is 19.0 Å². The fourth-order valence-electron chi connectivity index (χ4n) is 4.00. The molecule has 0 bridgehead atoms. The Hall–Kier alpha value is -1.89. The second-order valence-electron chi connectivity index (χ2n) is 6.83. The molecule has 0 N–H and O–H groups in total. The molecule has 4 rings (SSSR count). The number of carbonyl (C=O) groups is 2. The molecular formula is C16H21N3O4. The van der Waals surface area contributed by atoms with Crippen molar-refractivity contribution in [2.24, 2.45) is 0 Å². The quantitative estimate of drug-likeness (QED) is 0.823. The number of nitrogens with zero attached hydrogens (tertiary/aromatic N) is 3. The maximum Gasteiger partial charge on any atom is 0.276 e. The highest BCUT2D eigenvalue weighted by Crippen LogP contribution is 2.45. The summed E-state index contributed by atoms with van der Waals surface area (Å²) in [6.07, 6.45) is 1.86. The van der Waals surface area contributed by atoms with Gasteiger partial charge in [0, 0.05) is 31.5 Å². The lowest BCUT2D eigenvalue weighted by molar-refractivity contribution is -0.179. The topological polar surface area (TPSA) is 75.9 Å². The summed E-state index contributed by atoms with van der Waals surface area (Å²) in [7, 11) is 0. The lowest BCUT2D eigenvalue weighted by Crippen LogP contribution is -2.56. The van der Waals surface area contributed by atoms with Crippen molar-refractivity contribution in [3.05, 3.63) is 17.5 Å². The molecule has 0 saturated carbocycles. The fraction of sp³-hybridized carbons (Fsp3) is 0.688. The summed E-state index contributed by atoms with van der Waals surface area (Å²) in [5, 5.41) is 3.91.